The van der Waals surface area contributed by atoms with E-state index >= 15 is 0 Å². The molecule has 2 nitrogen and oxygen atoms in total. The molecule has 0 aliphatic rings. The second kappa shape index (κ2) is 6.85. The van der Waals surface area contributed by atoms with Gasteiger partial charge < -0.3 is 5.11 Å². The van der Waals surface area contributed by atoms with Crippen LogP contribution in [0.15, 0.2) is 17.5 Å². The van der Waals surface area contributed by atoms with Crippen LogP contribution in [0.5, 0.6) is 0 Å². The van der Waals surface area contributed by atoms with E-state index in [1.165, 1.54) is 11.3 Å². The summed E-state index contributed by atoms with van der Waals surface area (Å²) in [6, 6.07) is 3.29. The van der Waals surface area contributed by atoms with Gasteiger partial charge in [-0.05, 0) is 11.4 Å². The first-order chi connectivity index (χ1) is 3.80. The summed E-state index contributed by atoms with van der Waals surface area (Å²) in [5, 5.41) is 10.0. The molecule has 0 atom stereocenters. The van der Waals surface area contributed by atoms with Gasteiger partial charge in [0.25, 0.3) is 0 Å². The Bertz CT molecular complexity index is 186. The molecule has 0 aliphatic carbocycles. The topological polar surface area (TPSA) is 37.3 Å². The molecule has 0 aromatic carbocycles. The molecule has 44 valence electrons. The summed E-state index contributed by atoms with van der Waals surface area (Å²) in [6.07, 6.45) is 0. The van der Waals surface area contributed by atoms with Crippen LogP contribution in [0.3, 0.4) is 0 Å². The number of rotatable bonds is 1. The molecule has 1 N–H and O–H groups in total. The van der Waals surface area contributed by atoms with Crippen LogP contribution < -0.4 is 0 Å². The van der Waals surface area contributed by atoms with Crippen molar-refractivity contribution in [3.63, 3.8) is 0 Å². The summed E-state index contributed by atoms with van der Waals surface area (Å²) in [7, 11) is 0. The molecule has 5 heteroatoms. The second-order valence-electron chi connectivity index (χ2n) is 1.28. The Morgan fingerprint density at radius 2 is 2.10 bits per heavy atom. The number of hydrogen-bond acceptors (Lipinski definition) is 2. The number of carboxylic acid groups (broad SMARTS) is 1. The third-order valence-corrected chi connectivity index (χ3v) is 1.59. The van der Waals surface area contributed by atoms with Crippen molar-refractivity contribution in [1.29, 1.82) is 0 Å². The summed E-state index contributed by atoms with van der Waals surface area (Å²) in [5.74, 6) is -0.847. The monoisotopic (exact) mass is 174 g/mol. The molecular formula is C5H4Na2O2S. The summed E-state index contributed by atoms with van der Waals surface area (Å²) >= 11 is 1.23. The quantitative estimate of drug-likeness (QED) is 0.636. The Morgan fingerprint density at radius 3 is 2.30 bits per heavy atom. The van der Waals surface area contributed by atoms with Crippen LogP contribution in [-0.4, -0.2) is 70.2 Å². The van der Waals surface area contributed by atoms with Crippen molar-refractivity contribution in [3.8, 4) is 0 Å². The van der Waals surface area contributed by atoms with Crippen LogP contribution in [0.1, 0.15) is 9.67 Å². The van der Waals surface area contributed by atoms with Crippen molar-refractivity contribution in [1.82, 2.24) is 0 Å². The Morgan fingerprint density at radius 1 is 1.50 bits per heavy atom. The van der Waals surface area contributed by atoms with E-state index in [0.717, 1.165) is 0 Å². The Hall–Kier alpha value is 1.17. The van der Waals surface area contributed by atoms with Crippen molar-refractivity contribution in [2.45, 2.75) is 0 Å². The SMILES string of the molecule is O=C(O)c1cccs1.[Na].[Na]. The van der Waals surface area contributed by atoms with Crippen molar-refractivity contribution >= 4 is 76.4 Å². The molecule has 1 rings (SSSR count). The largest absolute Gasteiger partial charge is 0.477 e. The summed E-state index contributed by atoms with van der Waals surface area (Å²) in [6.45, 7) is 0. The molecule has 0 aliphatic heterocycles. The average Bonchev–Trinajstić information content (AvgIpc) is 2.12. The van der Waals surface area contributed by atoms with Crippen molar-refractivity contribution in [2.75, 3.05) is 0 Å². The van der Waals surface area contributed by atoms with E-state index in [0.29, 0.717) is 4.88 Å². The minimum absolute atomic E-state index is 0. The van der Waals surface area contributed by atoms with Crippen molar-refractivity contribution in [2.24, 2.45) is 0 Å². The zero-order valence-corrected chi connectivity index (χ0v) is 10.8. The minimum Gasteiger partial charge on any atom is -0.477 e. The van der Waals surface area contributed by atoms with E-state index in [4.69, 9.17) is 5.11 Å². The molecule has 1 aromatic rings. The van der Waals surface area contributed by atoms with Crippen molar-refractivity contribution < 1.29 is 9.90 Å². The number of carboxylic acids is 1. The Balaban J connectivity index is 0. The van der Waals surface area contributed by atoms with Gasteiger partial charge >= 0.3 is 5.97 Å². The number of hydrogen-bond donors (Lipinski definition) is 1. The molecule has 0 saturated heterocycles. The summed E-state index contributed by atoms with van der Waals surface area (Å²) in [4.78, 5) is 10.5. The molecular weight excluding hydrogens is 170 g/mol. The summed E-state index contributed by atoms with van der Waals surface area (Å²) in [5.41, 5.74) is 0. The first kappa shape index (κ1) is 13.7. The number of aromatic carboxylic acids is 1. The van der Waals surface area contributed by atoms with Crippen LogP contribution >= 0.6 is 11.3 Å². The van der Waals surface area contributed by atoms with E-state index < -0.39 is 5.97 Å². The standard InChI is InChI=1S/C5H4O2S.2Na/c6-5(7)4-2-1-3-8-4;;/h1-3H,(H,6,7);;. The van der Waals surface area contributed by atoms with Crippen LogP contribution in [0.2, 0.25) is 0 Å². The predicted molar refractivity (Wildman–Crippen MR) is 42.8 cm³/mol. The van der Waals surface area contributed by atoms with E-state index in [2.05, 4.69) is 0 Å². The predicted octanol–water partition coefficient (Wildman–Crippen LogP) is 0.685. The second-order valence-corrected chi connectivity index (χ2v) is 2.23. The molecule has 0 bridgehead atoms. The van der Waals surface area contributed by atoms with Gasteiger partial charge in [0.2, 0.25) is 0 Å². The average molecular weight is 174 g/mol. The maximum atomic E-state index is 10.1. The van der Waals surface area contributed by atoms with E-state index in [1.54, 1.807) is 17.5 Å². The van der Waals surface area contributed by atoms with Crippen LogP contribution in [0, 0.1) is 0 Å². The van der Waals surface area contributed by atoms with Gasteiger partial charge in [0.1, 0.15) is 4.88 Å². The van der Waals surface area contributed by atoms with Gasteiger partial charge in [-0.15, -0.1) is 11.3 Å². The van der Waals surface area contributed by atoms with E-state index in [9.17, 15) is 4.79 Å². The van der Waals surface area contributed by atoms with Crippen LogP contribution in [0.4, 0.5) is 0 Å². The van der Waals surface area contributed by atoms with Gasteiger partial charge in [-0.3, -0.25) is 0 Å². The van der Waals surface area contributed by atoms with Gasteiger partial charge in [-0.2, -0.15) is 0 Å². The zero-order valence-electron chi connectivity index (χ0n) is 6.00. The minimum atomic E-state index is -0.847. The Kier molecular flexibility index (Phi) is 9.42. The molecule has 1 heterocycles. The Labute approximate surface area is 107 Å². The van der Waals surface area contributed by atoms with Crippen LogP contribution in [0.25, 0.3) is 0 Å². The fourth-order valence-electron chi connectivity index (χ4n) is 0.400. The molecule has 0 spiro atoms. The molecule has 2 radical (unpaired) electrons. The first-order valence-electron chi connectivity index (χ1n) is 2.07. The summed E-state index contributed by atoms with van der Waals surface area (Å²) < 4.78 is 0. The third-order valence-electron chi connectivity index (χ3n) is 0.732. The molecule has 0 amide bonds. The zero-order chi connectivity index (χ0) is 5.98. The molecule has 10 heavy (non-hydrogen) atoms. The van der Waals surface area contributed by atoms with Crippen LogP contribution in [-0.2, 0) is 0 Å². The smallest absolute Gasteiger partial charge is 0.345 e. The van der Waals surface area contributed by atoms with E-state index in [1.807, 2.05) is 0 Å². The van der Waals surface area contributed by atoms with Gasteiger partial charge in [0, 0.05) is 59.1 Å². The fraction of sp³-hybridized carbons (Fsp3) is 0. The molecule has 0 unspecified atom stereocenters. The normalized spacial score (nSPS) is 7.20. The van der Waals surface area contributed by atoms with Gasteiger partial charge in [-0.1, -0.05) is 6.07 Å². The van der Waals surface area contributed by atoms with Crippen molar-refractivity contribution in [3.05, 3.63) is 22.4 Å². The van der Waals surface area contributed by atoms with Gasteiger partial charge in [0.15, 0.2) is 0 Å². The number of carbonyl (C=O) groups is 1. The third kappa shape index (κ3) is 4.13. The maximum Gasteiger partial charge on any atom is 0.345 e. The first-order valence-corrected chi connectivity index (χ1v) is 2.95. The molecule has 0 fully saturated rings. The molecule has 0 saturated carbocycles. The maximum absolute atomic E-state index is 10.1. The molecule has 1 aromatic heterocycles. The van der Waals surface area contributed by atoms with Gasteiger partial charge in [0.05, 0.1) is 0 Å². The number of thiophene rings is 1. The van der Waals surface area contributed by atoms with E-state index in [-0.39, 0.29) is 59.1 Å². The fourth-order valence-corrected chi connectivity index (χ4v) is 0.962. The van der Waals surface area contributed by atoms with Gasteiger partial charge in [-0.25, -0.2) is 4.79 Å².